The lowest BCUT2D eigenvalue weighted by Crippen LogP contribution is -2.20. The number of aromatic carboxylic acids is 1. The van der Waals surface area contributed by atoms with E-state index in [0.29, 0.717) is 10.8 Å². The van der Waals surface area contributed by atoms with Crippen molar-refractivity contribution >= 4 is 35.0 Å². The first-order valence-corrected chi connectivity index (χ1v) is 12.5. The number of nitrogens with zero attached hydrogens (tertiary/aromatic N) is 2. The Morgan fingerprint density at radius 3 is 2.32 bits per heavy atom. The molecule has 9 heteroatoms. The van der Waals surface area contributed by atoms with Gasteiger partial charge in [-0.3, -0.25) is 4.79 Å². The zero-order valence-corrected chi connectivity index (χ0v) is 21.9. The Morgan fingerprint density at radius 1 is 1.11 bits per heavy atom. The predicted octanol–water partition coefficient (Wildman–Crippen LogP) is 5.39. The number of hydrogen-bond donors (Lipinski definition) is 2. The molecule has 0 spiro atoms. The number of rotatable bonds is 9. The van der Waals surface area contributed by atoms with Crippen LogP contribution in [0.1, 0.15) is 65.2 Å². The molecule has 1 aliphatic rings. The van der Waals surface area contributed by atoms with Crippen LogP contribution in [0.3, 0.4) is 0 Å². The Balaban J connectivity index is 1.60. The maximum Gasteiger partial charge on any atom is 0.335 e. The lowest BCUT2D eigenvalue weighted by Gasteiger charge is -2.17. The molecule has 1 aliphatic carbocycles. The molecule has 1 heterocycles. The van der Waals surface area contributed by atoms with E-state index in [1.165, 1.54) is 0 Å². The number of Topliss-reactive ketones (excluding diaryl/α,β-unsaturated/α-hetero) is 1. The summed E-state index contributed by atoms with van der Waals surface area (Å²) >= 11 is 12.4. The molecule has 1 saturated carbocycles. The molecule has 192 valence electrons. The molecule has 4 rings (SSSR count). The van der Waals surface area contributed by atoms with Gasteiger partial charge < -0.3 is 19.5 Å². The summed E-state index contributed by atoms with van der Waals surface area (Å²) in [5.74, 6) is 4.96. The van der Waals surface area contributed by atoms with Gasteiger partial charge in [-0.15, -0.1) is 0 Å². The summed E-state index contributed by atoms with van der Waals surface area (Å²) in [5.41, 5.74) is -0.0942. The van der Waals surface area contributed by atoms with Gasteiger partial charge in [0.25, 0.3) is 0 Å². The number of aromatic nitrogens is 2. The highest BCUT2D eigenvalue weighted by atomic mass is 35.5. The standard InChI is InChI=1S/C28H26Cl2N2O5/c1-27(2,36)12-11-22-24(32(26(30)31-22)15-16-37-21-9-7-20(29)8-10-21)23(33)17-28(13-14-28)19-5-3-18(4-6-19)25(34)35/h3-10,36H,13-17H2,1-2H3,(H,34,35). The number of carbonyl (C=O) groups is 2. The number of benzene rings is 2. The second kappa shape index (κ2) is 10.6. The van der Waals surface area contributed by atoms with Gasteiger partial charge in [-0.2, -0.15) is 0 Å². The van der Waals surface area contributed by atoms with Gasteiger partial charge >= 0.3 is 5.97 Å². The minimum atomic E-state index is -1.28. The molecule has 0 saturated heterocycles. The van der Waals surface area contributed by atoms with Crippen molar-refractivity contribution in [2.75, 3.05) is 6.61 Å². The second-order valence-electron chi connectivity index (χ2n) is 9.60. The maximum atomic E-state index is 13.7. The molecule has 3 aromatic rings. The summed E-state index contributed by atoms with van der Waals surface area (Å²) in [6, 6.07) is 13.6. The van der Waals surface area contributed by atoms with Gasteiger partial charge in [0.1, 0.15) is 29.3 Å². The molecule has 2 aromatic carbocycles. The van der Waals surface area contributed by atoms with Gasteiger partial charge in [-0.05, 0) is 86.2 Å². The van der Waals surface area contributed by atoms with E-state index in [4.69, 9.17) is 27.9 Å². The van der Waals surface area contributed by atoms with Crippen LogP contribution < -0.4 is 4.74 Å². The van der Waals surface area contributed by atoms with Crippen LogP contribution in [0.4, 0.5) is 0 Å². The van der Waals surface area contributed by atoms with Crippen molar-refractivity contribution in [3.63, 3.8) is 0 Å². The van der Waals surface area contributed by atoms with E-state index in [9.17, 15) is 19.8 Å². The zero-order chi connectivity index (χ0) is 26.8. The normalized spacial score (nSPS) is 14.0. The molecule has 0 aliphatic heterocycles. The van der Waals surface area contributed by atoms with Crippen molar-refractivity contribution in [2.24, 2.45) is 0 Å². The first-order valence-electron chi connectivity index (χ1n) is 11.7. The lowest BCUT2D eigenvalue weighted by atomic mass is 9.89. The smallest absolute Gasteiger partial charge is 0.335 e. The van der Waals surface area contributed by atoms with E-state index in [0.717, 1.165) is 18.4 Å². The number of carboxylic acids is 1. The van der Waals surface area contributed by atoms with E-state index in [2.05, 4.69) is 16.8 Å². The third-order valence-electron chi connectivity index (χ3n) is 6.17. The van der Waals surface area contributed by atoms with Crippen LogP contribution >= 0.6 is 23.2 Å². The van der Waals surface area contributed by atoms with Crippen molar-refractivity contribution < 1.29 is 24.5 Å². The highest BCUT2D eigenvalue weighted by Gasteiger charge is 2.46. The molecule has 7 nitrogen and oxygen atoms in total. The first-order chi connectivity index (χ1) is 17.5. The monoisotopic (exact) mass is 540 g/mol. The van der Waals surface area contributed by atoms with E-state index >= 15 is 0 Å². The molecule has 0 amide bonds. The number of hydrogen-bond acceptors (Lipinski definition) is 5. The molecular weight excluding hydrogens is 515 g/mol. The maximum absolute atomic E-state index is 13.7. The Labute approximate surface area is 225 Å². The number of halogens is 2. The van der Waals surface area contributed by atoms with Crippen molar-refractivity contribution in [1.82, 2.24) is 9.55 Å². The minimum absolute atomic E-state index is 0.0961. The lowest BCUT2D eigenvalue weighted by molar-refractivity contribution is 0.0696. The van der Waals surface area contributed by atoms with Gasteiger partial charge in [0.05, 0.1) is 12.1 Å². The molecule has 37 heavy (non-hydrogen) atoms. The molecule has 0 radical (unpaired) electrons. The minimum Gasteiger partial charge on any atom is -0.492 e. The van der Waals surface area contributed by atoms with Gasteiger partial charge in [0.2, 0.25) is 5.28 Å². The Morgan fingerprint density at radius 2 is 1.76 bits per heavy atom. The number of ether oxygens (including phenoxy) is 1. The van der Waals surface area contributed by atoms with E-state index in [1.807, 2.05) is 0 Å². The van der Waals surface area contributed by atoms with Crippen LogP contribution in [0.25, 0.3) is 0 Å². The van der Waals surface area contributed by atoms with Crippen LogP contribution in [0.15, 0.2) is 48.5 Å². The largest absolute Gasteiger partial charge is 0.492 e. The van der Waals surface area contributed by atoms with Crippen molar-refractivity contribution in [1.29, 1.82) is 0 Å². The van der Waals surface area contributed by atoms with Crippen LogP contribution in [0.2, 0.25) is 10.3 Å². The molecule has 0 unspecified atom stereocenters. The highest BCUT2D eigenvalue weighted by molar-refractivity contribution is 6.30. The molecule has 1 aromatic heterocycles. The third-order valence-corrected chi connectivity index (χ3v) is 6.71. The summed E-state index contributed by atoms with van der Waals surface area (Å²) in [6.07, 6.45) is 1.80. The summed E-state index contributed by atoms with van der Waals surface area (Å²) < 4.78 is 7.37. The summed E-state index contributed by atoms with van der Waals surface area (Å²) in [4.78, 5) is 29.2. The molecular formula is C28H26Cl2N2O5. The fourth-order valence-corrected chi connectivity index (χ4v) is 4.45. The fourth-order valence-electron chi connectivity index (χ4n) is 4.07. The Bertz CT molecular complexity index is 1370. The van der Waals surface area contributed by atoms with Crippen molar-refractivity contribution in [2.45, 2.75) is 50.7 Å². The Hall–Kier alpha value is -3.31. The van der Waals surface area contributed by atoms with Crippen molar-refractivity contribution in [3.05, 3.63) is 81.4 Å². The summed E-state index contributed by atoms with van der Waals surface area (Å²) in [6.45, 7) is 3.55. The summed E-state index contributed by atoms with van der Waals surface area (Å²) in [7, 11) is 0. The highest BCUT2D eigenvalue weighted by Crippen LogP contribution is 2.51. The quantitative estimate of drug-likeness (QED) is 0.278. The molecule has 2 N–H and O–H groups in total. The SMILES string of the molecule is CC(C)(O)C#Cc1nc(Cl)n(CCOc2ccc(Cl)cc2)c1C(=O)CC1(c2ccc(C(=O)O)cc2)CC1. The van der Waals surface area contributed by atoms with E-state index in [-0.39, 0.29) is 53.0 Å². The van der Waals surface area contributed by atoms with Gasteiger partial charge in [0.15, 0.2) is 5.78 Å². The average Bonchev–Trinajstić information content (AvgIpc) is 3.55. The number of imidazole rings is 1. The molecule has 0 bridgehead atoms. The van der Waals surface area contributed by atoms with Crippen LogP contribution in [0, 0.1) is 11.8 Å². The number of aliphatic hydroxyl groups is 1. The third kappa shape index (κ3) is 6.53. The number of carbonyl (C=O) groups excluding carboxylic acids is 1. The fraction of sp³-hybridized carbons (Fsp3) is 0.321. The van der Waals surface area contributed by atoms with E-state index < -0.39 is 11.6 Å². The van der Waals surface area contributed by atoms with Crippen LogP contribution in [-0.4, -0.2) is 43.7 Å². The first kappa shape index (κ1) is 26.7. The molecule has 1 fully saturated rings. The van der Waals surface area contributed by atoms with Crippen LogP contribution in [-0.2, 0) is 12.0 Å². The van der Waals surface area contributed by atoms with Crippen LogP contribution in [0.5, 0.6) is 5.75 Å². The number of carboxylic acid groups (broad SMARTS) is 1. The van der Waals surface area contributed by atoms with Gasteiger partial charge in [-0.25, -0.2) is 9.78 Å². The van der Waals surface area contributed by atoms with E-state index in [1.54, 1.807) is 66.9 Å². The topological polar surface area (TPSA) is 102 Å². The molecule has 0 atom stereocenters. The second-order valence-corrected chi connectivity index (χ2v) is 10.4. The van der Waals surface area contributed by atoms with Crippen molar-refractivity contribution in [3.8, 4) is 17.6 Å². The Kier molecular flexibility index (Phi) is 7.65. The number of ketones is 1. The van der Waals surface area contributed by atoms with Gasteiger partial charge in [-0.1, -0.05) is 29.7 Å². The predicted molar refractivity (Wildman–Crippen MR) is 141 cm³/mol. The zero-order valence-electron chi connectivity index (χ0n) is 20.4. The van der Waals surface area contributed by atoms with Gasteiger partial charge in [0, 0.05) is 16.9 Å². The average molecular weight is 541 g/mol. The summed E-state index contributed by atoms with van der Waals surface area (Å²) in [5, 5.41) is 20.0.